The van der Waals surface area contributed by atoms with Crippen LogP contribution in [0, 0.1) is 0 Å². The monoisotopic (exact) mass is 213 g/mol. The molecule has 0 fully saturated rings. The van der Waals surface area contributed by atoms with Crippen LogP contribution in [0.2, 0.25) is 0 Å². The van der Waals surface area contributed by atoms with Crippen molar-refractivity contribution in [3.8, 4) is 0 Å². The molecule has 0 aliphatic rings. The van der Waals surface area contributed by atoms with Crippen LogP contribution >= 0.6 is 0 Å². The zero-order chi connectivity index (χ0) is 11.5. The van der Waals surface area contributed by atoms with Gasteiger partial charge in [-0.3, -0.25) is 0 Å². The lowest BCUT2D eigenvalue weighted by molar-refractivity contribution is 0.907. The van der Waals surface area contributed by atoms with E-state index in [0.717, 1.165) is 17.0 Å². The Bertz CT molecular complexity index is 537. The van der Waals surface area contributed by atoms with Gasteiger partial charge in [-0.15, -0.1) is 0 Å². The fourth-order valence-electron chi connectivity index (χ4n) is 1.70. The van der Waals surface area contributed by atoms with Crippen molar-refractivity contribution in [2.45, 2.75) is 0 Å². The Morgan fingerprint density at radius 1 is 1.38 bits per heavy atom. The lowest BCUT2D eigenvalue weighted by Crippen LogP contribution is -2.12. The number of allylic oxidation sites excluding steroid dienone is 2. The molecule has 0 unspecified atom stereocenters. The number of imidazole rings is 1. The van der Waals surface area contributed by atoms with E-state index in [9.17, 15) is 0 Å². The molecule has 0 N–H and O–H groups in total. The number of fused-ring (bicyclic) bond motifs is 1. The number of hydrogen-bond donors (Lipinski definition) is 0. The van der Waals surface area contributed by atoms with Crippen molar-refractivity contribution in [1.29, 1.82) is 0 Å². The molecule has 16 heavy (non-hydrogen) atoms. The molecule has 0 spiro atoms. The van der Waals surface area contributed by atoms with Crippen molar-refractivity contribution in [1.82, 2.24) is 9.55 Å². The van der Waals surface area contributed by atoms with Gasteiger partial charge in [0.1, 0.15) is 0 Å². The van der Waals surface area contributed by atoms with Gasteiger partial charge in [-0.05, 0) is 18.2 Å². The van der Waals surface area contributed by atoms with Gasteiger partial charge in [0, 0.05) is 20.3 Å². The summed E-state index contributed by atoms with van der Waals surface area (Å²) >= 11 is 0. The Morgan fingerprint density at radius 2 is 2.12 bits per heavy atom. The zero-order valence-corrected chi connectivity index (χ0v) is 9.59. The van der Waals surface area contributed by atoms with E-state index in [1.54, 1.807) is 6.08 Å². The summed E-state index contributed by atoms with van der Waals surface area (Å²) in [5.41, 5.74) is 2.15. The van der Waals surface area contributed by atoms with E-state index >= 15 is 0 Å². The highest BCUT2D eigenvalue weighted by molar-refractivity contribution is 5.78. The molecule has 3 nitrogen and oxygen atoms in total. The lowest BCUT2D eigenvalue weighted by Gasteiger charge is -2.12. The van der Waals surface area contributed by atoms with Crippen LogP contribution in [-0.4, -0.2) is 16.6 Å². The third-order valence-electron chi connectivity index (χ3n) is 2.52. The van der Waals surface area contributed by atoms with Crippen LogP contribution in [0.5, 0.6) is 0 Å². The first-order chi connectivity index (χ1) is 7.74. The number of aryl methyl sites for hydroxylation is 1. The minimum atomic E-state index is 0.916. The summed E-state index contributed by atoms with van der Waals surface area (Å²) in [7, 11) is 3.99. The Hall–Kier alpha value is -2.03. The van der Waals surface area contributed by atoms with Gasteiger partial charge in [0.25, 0.3) is 0 Å². The Kier molecular flexibility index (Phi) is 2.77. The predicted octanol–water partition coefficient (Wildman–Crippen LogP) is 2.71. The fraction of sp³-hybridized carbons (Fsp3) is 0.154. The minimum absolute atomic E-state index is 0.916. The molecule has 3 heteroatoms. The molecular formula is C13H15N3. The van der Waals surface area contributed by atoms with E-state index < -0.39 is 0 Å². The maximum atomic E-state index is 4.57. The van der Waals surface area contributed by atoms with Crippen molar-refractivity contribution >= 4 is 17.0 Å². The number of nitrogens with zero attached hydrogens (tertiary/aromatic N) is 3. The highest BCUT2D eigenvalue weighted by atomic mass is 15.3. The van der Waals surface area contributed by atoms with E-state index in [4.69, 9.17) is 0 Å². The van der Waals surface area contributed by atoms with Gasteiger partial charge in [-0.2, -0.15) is 0 Å². The summed E-state index contributed by atoms with van der Waals surface area (Å²) in [6.07, 6.45) is 5.58. The molecule has 0 aliphatic heterocycles. The van der Waals surface area contributed by atoms with E-state index in [-0.39, 0.29) is 0 Å². The number of anilines is 1. The summed E-state index contributed by atoms with van der Waals surface area (Å²) in [4.78, 5) is 6.54. The van der Waals surface area contributed by atoms with Gasteiger partial charge >= 0.3 is 0 Å². The molecule has 0 aliphatic carbocycles. The van der Waals surface area contributed by atoms with Gasteiger partial charge < -0.3 is 9.47 Å². The molecule has 2 rings (SSSR count). The van der Waals surface area contributed by atoms with Gasteiger partial charge in [0.2, 0.25) is 5.95 Å². The second-order valence-electron chi connectivity index (χ2n) is 3.65. The number of benzene rings is 1. The molecule has 0 radical (unpaired) electrons. The van der Waals surface area contributed by atoms with Gasteiger partial charge in [0.15, 0.2) is 0 Å². The van der Waals surface area contributed by atoms with Crippen LogP contribution in [0.4, 0.5) is 5.95 Å². The van der Waals surface area contributed by atoms with E-state index in [1.165, 1.54) is 0 Å². The van der Waals surface area contributed by atoms with Crippen molar-refractivity contribution in [3.63, 3.8) is 0 Å². The quantitative estimate of drug-likeness (QED) is 0.731. The number of hydrogen-bond acceptors (Lipinski definition) is 2. The molecule has 1 aromatic heterocycles. The minimum Gasteiger partial charge on any atom is -0.322 e. The largest absolute Gasteiger partial charge is 0.322 e. The average Bonchev–Trinajstić information content (AvgIpc) is 2.64. The first-order valence-corrected chi connectivity index (χ1v) is 5.17. The van der Waals surface area contributed by atoms with Gasteiger partial charge in [-0.25, -0.2) is 4.98 Å². The highest BCUT2D eigenvalue weighted by Gasteiger charge is 2.08. The summed E-state index contributed by atoms with van der Waals surface area (Å²) in [6, 6.07) is 8.10. The van der Waals surface area contributed by atoms with Crippen LogP contribution in [0.1, 0.15) is 0 Å². The fourth-order valence-corrected chi connectivity index (χ4v) is 1.70. The molecule has 0 amide bonds. The predicted molar refractivity (Wildman–Crippen MR) is 68.5 cm³/mol. The molecule has 0 bridgehead atoms. The SMILES string of the molecule is C=C/C=C\N(C)c1nc2ccccc2n1C. The second-order valence-corrected chi connectivity index (χ2v) is 3.65. The maximum Gasteiger partial charge on any atom is 0.210 e. The van der Waals surface area contributed by atoms with Gasteiger partial charge in [-0.1, -0.05) is 24.8 Å². The summed E-state index contributed by atoms with van der Waals surface area (Å²) in [6.45, 7) is 3.65. The smallest absolute Gasteiger partial charge is 0.210 e. The molecule has 0 saturated carbocycles. The van der Waals surface area contributed by atoms with Crippen LogP contribution < -0.4 is 4.90 Å². The average molecular weight is 213 g/mol. The van der Waals surface area contributed by atoms with Crippen LogP contribution in [0.25, 0.3) is 11.0 Å². The maximum absolute atomic E-state index is 4.57. The third kappa shape index (κ3) is 1.72. The van der Waals surface area contributed by atoms with Crippen LogP contribution in [-0.2, 0) is 7.05 Å². The number of rotatable bonds is 3. The van der Waals surface area contributed by atoms with Crippen molar-refractivity contribution in [3.05, 3.63) is 49.2 Å². The van der Waals surface area contributed by atoms with Crippen LogP contribution in [0.15, 0.2) is 49.2 Å². The Morgan fingerprint density at radius 3 is 2.81 bits per heavy atom. The lowest BCUT2D eigenvalue weighted by atomic mass is 10.3. The molecule has 1 heterocycles. The summed E-state index contributed by atoms with van der Waals surface area (Å²) < 4.78 is 2.07. The Labute approximate surface area is 95.3 Å². The molecule has 2 aromatic rings. The Balaban J connectivity index is 2.48. The van der Waals surface area contributed by atoms with E-state index in [1.807, 2.05) is 49.5 Å². The zero-order valence-electron chi connectivity index (χ0n) is 9.59. The van der Waals surface area contributed by atoms with Crippen molar-refractivity contribution in [2.75, 3.05) is 11.9 Å². The van der Waals surface area contributed by atoms with Crippen molar-refractivity contribution in [2.24, 2.45) is 7.05 Å². The molecule has 82 valence electrons. The van der Waals surface area contributed by atoms with Crippen LogP contribution in [0.3, 0.4) is 0 Å². The van der Waals surface area contributed by atoms with Gasteiger partial charge in [0.05, 0.1) is 11.0 Å². The molecule has 1 aromatic carbocycles. The summed E-state index contributed by atoms with van der Waals surface area (Å²) in [5, 5.41) is 0. The molecular weight excluding hydrogens is 198 g/mol. The van der Waals surface area contributed by atoms with Crippen molar-refractivity contribution < 1.29 is 0 Å². The third-order valence-corrected chi connectivity index (χ3v) is 2.52. The summed E-state index contributed by atoms with van der Waals surface area (Å²) in [5.74, 6) is 0.916. The standard InChI is InChI=1S/C13H15N3/c1-4-5-10-15(2)13-14-11-8-6-7-9-12(11)16(13)3/h4-10H,1H2,2-3H3/b10-5-. The van der Waals surface area contributed by atoms with E-state index in [0.29, 0.717) is 0 Å². The normalized spacial score (nSPS) is 11.1. The number of aromatic nitrogens is 2. The van der Waals surface area contributed by atoms with E-state index in [2.05, 4.69) is 22.2 Å². The topological polar surface area (TPSA) is 21.1 Å². The second kappa shape index (κ2) is 4.23. The molecule has 0 atom stereocenters. The molecule has 0 saturated heterocycles. The first-order valence-electron chi connectivity index (χ1n) is 5.17. The first kappa shape index (κ1) is 10.5. The number of para-hydroxylation sites is 2. The highest BCUT2D eigenvalue weighted by Crippen LogP contribution is 2.19.